The van der Waals surface area contributed by atoms with Gasteiger partial charge in [0, 0.05) is 0 Å². The molecule has 0 unspecified atom stereocenters. The maximum atomic E-state index is 13.8. The van der Waals surface area contributed by atoms with Crippen molar-refractivity contribution in [2.75, 3.05) is 0 Å². The van der Waals surface area contributed by atoms with Crippen LogP contribution in [0.15, 0.2) is 54.6 Å². The van der Waals surface area contributed by atoms with E-state index >= 15 is 0 Å². The van der Waals surface area contributed by atoms with Gasteiger partial charge in [0.05, 0.1) is 19.3 Å². The highest BCUT2D eigenvalue weighted by molar-refractivity contribution is 6.97. The first-order valence-electron chi connectivity index (χ1n) is 9.68. The van der Waals surface area contributed by atoms with Gasteiger partial charge in [0.15, 0.2) is 0 Å². The van der Waals surface area contributed by atoms with Gasteiger partial charge in [0.1, 0.15) is 5.82 Å². The topological polar surface area (TPSA) is 18.5 Å². The summed E-state index contributed by atoms with van der Waals surface area (Å²) >= 11 is 0. The second-order valence-electron chi connectivity index (χ2n) is 9.15. The summed E-state index contributed by atoms with van der Waals surface area (Å²) < 4.78 is 26.7. The molecule has 0 N–H and O–H groups in total. The Hall–Kier alpha value is -1.43. The maximum Gasteiger partial charge on any atom is 0.458 e. The minimum atomic E-state index is -1.97. The van der Waals surface area contributed by atoms with E-state index in [1.54, 1.807) is 12.1 Å². The van der Waals surface area contributed by atoms with Gasteiger partial charge in [-0.25, -0.2) is 4.39 Å². The van der Waals surface area contributed by atoms with Gasteiger partial charge in [-0.1, -0.05) is 60.7 Å². The van der Waals surface area contributed by atoms with Crippen molar-refractivity contribution in [3.8, 4) is 0 Å². The van der Waals surface area contributed by atoms with Crippen molar-refractivity contribution in [2.24, 2.45) is 0 Å². The fraction of sp³-hybridized carbons (Fsp3) is 0.455. The Kier molecular flexibility index (Phi) is 5.41. The molecular formula is C22H30BFO2Si. The van der Waals surface area contributed by atoms with E-state index < -0.39 is 8.07 Å². The van der Waals surface area contributed by atoms with Gasteiger partial charge in [0.25, 0.3) is 0 Å². The molecule has 2 nitrogen and oxygen atoms in total. The SMILES string of the molecule is CC1(C)OB([C@H](Cc2cccc(F)c2)[Si](C)(C)c2ccccc2)OC1(C)C. The molecule has 27 heavy (non-hydrogen) atoms. The van der Waals surface area contributed by atoms with E-state index in [0.717, 1.165) is 12.0 Å². The normalized spacial score (nSPS) is 19.9. The molecule has 2 aromatic carbocycles. The fourth-order valence-electron chi connectivity index (χ4n) is 3.74. The third-order valence-corrected chi connectivity index (χ3v) is 10.5. The highest BCUT2D eigenvalue weighted by Gasteiger charge is 2.57. The van der Waals surface area contributed by atoms with Crippen LogP contribution < -0.4 is 5.19 Å². The molecule has 0 saturated carbocycles. The van der Waals surface area contributed by atoms with Crippen molar-refractivity contribution in [3.05, 3.63) is 66.0 Å². The van der Waals surface area contributed by atoms with Crippen molar-refractivity contribution >= 4 is 20.4 Å². The monoisotopic (exact) mass is 384 g/mol. The predicted molar refractivity (Wildman–Crippen MR) is 113 cm³/mol. The molecule has 1 aliphatic heterocycles. The molecule has 144 valence electrons. The summed E-state index contributed by atoms with van der Waals surface area (Å²) in [7, 11) is -2.28. The van der Waals surface area contributed by atoms with E-state index in [0.29, 0.717) is 0 Å². The zero-order chi connectivity index (χ0) is 19.9. The Balaban J connectivity index is 1.99. The van der Waals surface area contributed by atoms with Crippen LogP contribution in [0.1, 0.15) is 33.3 Å². The number of hydrogen-bond donors (Lipinski definition) is 0. The highest BCUT2D eigenvalue weighted by atomic mass is 28.3. The predicted octanol–water partition coefficient (Wildman–Crippen LogP) is 4.99. The Morgan fingerprint density at radius 3 is 2.07 bits per heavy atom. The fourth-order valence-corrected chi connectivity index (χ4v) is 6.79. The molecule has 1 aliphatic rings. The van der Waals surface area contributed by atoms with E-state index in [1.165, 1.54) is 11.3 Å². The summed E-state index contributed by atoms with van der Waals surface area (Å²) in [5, 5.41) is 1.36. The van der Waals surface area contributed by atoms with Gasteiger partial charge in [-0.15, -0.1) is 0 Å². The zero-order valence-electron chi connectivity index (χ0n) is 17.3. The molecule has 5 heteroatoms. The third-order valence-electron chi connectivity index (χ3n) is 6.39. The van der Waals surface area contributed by atoms with Crippen molar-refractivity contribution in [1.29, 1.82) is 0 Å². The van der Waals surface area contributed by atoms with Crippen molar-refractivity contribution in [2.45, 2.75) is 63.9 Å². The lowest BCUT2D eigenvalue weighted by molar-refractivity contribution is 0.00578. The van der Waals surface area contributed by atoms with E-state index in [1.807, 2.05) is 12.1 Å². The van der Waals surface area contributed by atoms with E-state index in [9.17, 15) is 4.39 Å². The largest absolute Gasteiger partial charge is 0.458 e. The number of halogens is 1. The first-order valence-corrected chi connectivity index (χ1v) is 12.8. The molecule has 1 fully saturated rings. The molecule has 2 aromatic rings. The molecule has 0 radical (unpaired) electrons. The van der Waals surface area contributed by atoms with E-state index in [4.69, 9.17) is 9.31 Å². The molecule has 1 atom stereocenters. The Morgan fingerprint density at radius 1 is 0.926 bits per heavy atom. The lowest BCUT2D eigenvalue weighted by Crippen LogP contribution is -2.53. The van der Waals surface area contributed by atoms with Gasteiger partial charge in [-0.3, -0.25) is 0 Å². The average molecular weight is 384 g/mol. The van der Waals surface area contributed by atoms with Crippen LogP contribution in [0.4, 0.5) is 4.39 Å². The van der Waals surface area contributed by atoms with Crippen molar-refractivity contribution < 1.29 is 13.7 Å². The molecule has 3 rings (SSSR count). The average Bonchev–Trinajstić information content (AvgIpc) is 2.81. The first kappa shape index (κ1) is 20.3. The molecular weight excluding hydrogens is 354 g/mol. The van der Waals surface area contributed by atoms with Gasteiger partial charge in [0.2, 0.25) is 0 Å². The van der Waals surface area contributed by atoms with Gasteiger partial charge < -0.3 is 9.31 Å². The highest BCUT2D eigenvalue weighted by Crippen LogP contribution is 2.43. The minimum Gasteiger partial charge on any atom is -0.403 e. The molecule has 0 amide bonds. The molecule has 0 bridgehead atoms. The molecule has 0 aliphatic carbocycles. The standard InChI is InChI=1S/C22H30BFO2Si/c1-21(2)22(3,4)26-23(25-21)20(16-17-11-10-12-18(24)15-17)27(5,6)19-13-8-7-9-14-19/h7-15,20H,16H2,1-6H3/t20-/m0/s1. The van der Waals surface area contributed by atoms with Crippen LogP contribution in [0, 0.1) is 5.82 Å². The summed E-state index contributed by atoms with van der Waals surface area (Å²) in [5.74, 6) is -0.195. The second-order valence-corrected chi connectivity index (χ2v) is 13.9. The second kappa shape index (κ2) is 7.19. The first-order chi connectivity index (χ1) is 12.5. The number of hydrogen-bond acceptors (Lipinski definition) is 2. The Labute approximate surface area is 164 Å². The summed E-state index contributed by atoms with van der Waals surface area (Å²) in [5.41, 5.74) is 0.409. The summed E-state index contributed by atoms with van der Waals surface area (Å²) in [6, 6.07) is 17.5. The van der Waals surface area contributed by atoms with Crippen molar-refractivity contribution in [3.63, 3.8) is 0 Å². The van der Waals surface area contributed by atoms with Crippen LogP contribution in [0.3, 0.4) is 0 Å². The smallest absolute Gasteiger partial charge is 0.403 e. The number of benzene rings is 2. The van der Waals surface area contributed by atoms with Crippen LogP contribution in [0.5, 0.6) is 0 Å². The van der Waals surface area contributed by atoms with Crippen LogP contribution in [-0.4, -0.2) is 26.4 Å². The lowest BCUT2D eigenvalue weighted by Gasteiger charge is -2.34. The van der Waals surface area contributed by atoms with Crippen LogP contribution in [0.2, 0.25) is 18.5 Å². The van der Waals surface area contributed by atoms with Gasteiger partial charge in [-0.2, -0.15) is 0 Å². The zero-order valence-corrected chi connectivity index (χ0v) is 18.3. The Morgan fingerprint density at radius 2 is 1.52 bits per heavy atom. The summed E-state index contributed by atoms with van der Waals surface area (Å²) in [6.45, 7) is 13.1. The number of rotatable bonds is 5. The molecule has 0 aromatic heterocycles. The van der Waals surface area contributed by atoms with Gasteiger partial charge >= 0.3 is 7.12 Å². The van der Waals surface area contributed by atoms with Crippen molar-refractivity contribution in [1.82, 2.24) is 0 Å². The summed E-state index contributed by atoms with van der Waals surface area (Å²) in [6.07, 6.45) is 0.739. The van der Waals surface area contributed by atoms with Crippen LogP contribution in [0.25, 0.3) is 0 Å². The molecule has 1 heterocycles. The van der Waals surface area contributed by atoms with Gasteiger partial charge in [-0.05, 0) is 57.3 Å². The Bertz CT molecular complexity index is 776. The lowest BCUT2D eigenvalue weighted by atomic mass is 9.80. The molecule has 0 spiro atoms. The van der Waals surface area contributed by atoms with Crippen LogP contribution >= 0.6 is 0 Å². The summed E-state index contributed by atoms with van der Waals surface area (Å²) in [4.78, 5) is 0. The van der Waals surface area contributed by atoms with Crippen LogP contribution in [-0.2, 0) is 15.7 Å². The van der Waals surface area contributed by atoms with E-state index in [2.05, 4.69) is 65.1 Å². The molecule has 1 saturated heterocycles. The third kappa shape index (κ3) is 4.05. The van der Waals surface area contributed by atoms with E-state index in [-0.39, 0.29) is 29.6 Å². The maximum absolute atomic E-state index is 13.8. The quantitative estimate of drug-likeness (QED) is 0.677. The minimum absolute atomic E-state index is 0.169.